The molecule has 0 fully saturated rings. The molecular formula is C35H70NO8P. The number of carbonyl (C=O) groups is 2. The molecule has 0 amide bonds. The van der Waals surface area contributed by atoms with Crippen LogP contribution in [-0.4, -0.2) is 70.0 Å². The van der Waals surface area contributed by atoms with Gasteiger partial charge in [-0.1, -0.05) is 136 Å². The zero-order valence-electron chi connectivity index (χ0n) is 29.8. The Morgan fingerprint density at radius 3 is 1.42 bits per heavy atom. The Labute approximate surface area is 276 Å². The Balaban J connectivity index is 4.40. The predicted octanol–water partition coefficient (Wildman–Crippen LogP) is 8.66. The van der Waals surface area contributed by atoms with Crippen LogP contribution in [0, 0.1) is 0 Å². The standard InChI is InChI=1S/C35H70NO8P/c1-6-8-10-12-14-16-17-18-19-20-22-23-25-27-34(37)41-31-33(32-43-45(39,40)42-30-29-36(3,4)5)44-35(38)28-26-24-21-15-13-11-9-7-2/h33H,6-32H2,1-5H3/t33-/m0/s1. The molecule has 0 saturated carbocycles. The maximum absolute atomic E-state index is 12.5. The van der Waals surface area contributed by atoms with Gasteiger partial charge in [0, 0.05) is 12.8 Å². The predicted molar refractivity (Wildman–Crippen MR) is 181 cm³/mol. The first-order valence-corrected chi connectivity index (χ1v) is 19.7. The van der Waals surface area contributed by atoms with Crippen molar-refractivity contribution in [2.75, 3.05) is 47.5 Å². The van der Waals surface area contributed by atoms with E-state index in [1.807, 2.05) is 21.1 Å². The van der Waals surface area contributed by atoms with Gasteiger partial charge in [0.15, 0.2) is 6.10 Å². The summed E-state index contributed by atoms with van der Waals surface area (Å²) in [6.45, 7) is 4.18. The molecule has 2 atom stereocenters. The second kappa shape index (κ2) is 29.2. The van der Waals surface area contributed by atoms with Crippen LogP contribution in [0.25, 0.3) is 0 Å². The summed E-state index contributed by atoms with van der Waals surface area (Å²) in [7, 11) is 1.17. The summed E-state index contributed by atoms with van der Waals surface area (Å²) in [6, 6.07) is 0. The van der Waals surface area contributed by atoms with Gasteiger partial charge in [-0.3, -0.25) is 14.2 Å². The van der Waals surface area contributed by atoms with Crippen molar-refractivity contribution in [3.8, 4) is 0 Å². The van der Waals surface area contributed by atoms with E-state index in [1.54, 1.807) is 0 Å². The molecule has 45 heavy (non-hydrogen) atoms. The number of likely N-dealkylation sites (N-methyl/N-ethyl adjacent to an activating group) is 1. The Morgan fingerprint density at radius 2 is 1.00 bits per heavy atom. The van der Waals surface area contributed by atoms with Crippen molar-refractivity contribution < 1.29 is 42.1 Å². The molecule has 1 unspecified atom stereocenters. The Kier molecular flexibility index (Phi) is 28.5. The van der Waals surface area contributed by atoms with Gasteiger partial charge in [-0.05, 0) is 12.8 Å². The number of phosphoric acid groups is 1. The van der Waals surface area contributed by atoms with Gasteiger partial charge in [-0.25, -0.2) is 0 Å². The molecule has 0 N–H and O–H groups in total. The smallest absolute Gasteiger partial charge is 0.306 e. The van der Waals surface area contributed by atoms with E-state index in [4.69, 9.17) is 18.5 Å². The van der Waals surface area contributed by atoms with Gasteiger partial charge >= 0.3 is 11.9 Å². The molecule has 0 spiro atoms. The van der Waals surface area contributed by atoms with Crippen LogP contribution < -0.4 is 4.89 Å². The highest BCUT2D eigenvalue weighted by Gasteiger charge is 2.21. The lowest BCUT2D eigenvalue weighted by Crippen LogP contribution is -2.37. The summed E-state index contributed by atoms with van der Waals surface area (Å²) in [4.78, 5) is 37.1. The van der Waals surface area contributed by atoms with Crippen LogP contribution in [0.5, 0.6) is 0 Å². The van der Waals surface area contributed by atoms with Gasteiger partial charge in [-0.2, -0.15) is 0 Å². The molecule has 0 aromatic rings. The number of rotatable bonds is 33. The zero-order chi connectivity index (χ0) is 33.7. The molecule has 0 aliphatic rings. The Bertz CT molecular complexity index is 758. The topological polar surface area (TPSA) is 111 Å². The number of esters is 2. The van der Waals surface area contributed by atoms with Crippen LogP contribution in [0.15, 0.2) is 0 Å². The first kappa shape index (κ1) is 44.0. The fourth-order valence-electron chi connectivity index (χ4n) is 4.95. The molecule has 0 bridgehead atoms. The van der Waals surface area contributed by atoms with Gasteiger partial charge in [0.2, 0.25) is 0 Å². The normalized spacial score (nSPS) is 13.8. The molecule has 0 heterocycles. The number of phosphoric ester groups is 1. The average molecular weight is 664 g/mol. The van der Waals surface area contributed by atoms with E-state index in [9.17, 15) is 19.0 Å². The minimum Gasteiger partial charge on any atom is -0.756 e. The third-order valence-corrected chi connectivity index (χ3v) is 8.84. The average Bonchev–Trinajstić information content (AvgIpc) is 2.97. The van der Waals surface area contributed by atoms with E-state index >= 15 is 0 Å². The van der Waals surface area contributed by atoms with E-state index in [0.717, 1.165) is 38.5 Å². The lowest BCUT2D eigenvalue weighted by atomic mass is 10.0. The van der Waals surface area contributed by atoms with Gasteiger partial charge in [0.1, 0.15) is 19.8 Å². The van der Waals surface area contributed by atoms with Crippen LogP contribution in [0.4, 0.5) is 0 Å². The highest BCUT2D eigenvalue weighted by Crippen LogP contribution is 2.38. The first-order valence-electron chi connectivity index (χ1n) is 18.2. The molecule has 10 heteroatoms. The van der Waals surface area contributed by atoms with Gasteiger partial charge in [0.25, 0.3) is 7.82 Å². The highest BCUT2D eigenvalue weighted by atomic mass is 31.2. The third-order valence-electron chi connectivity index (χ3n) is 7.88. The lowest BCUT2D eigenvalue weighted by molar-refractivity contribution is -0.870. The van der Waals surface area contributed by atoms with E-state index in [-0.39, 0.29) is 32.0 Å². The van der Waals surface area contributed by atoms with Crippen LogP contribution in [0.3, 0.4) is 0 Å². The van der Waals surface area contributed by atoms with Crippen LogP contribution in [0.1, 0.15) is 162 Å². The molecule has 0 aliphatic carbocycles. The highest BCUT2D eigenvalue weighted by molar-refractivity contribution is 7.45. The molecule has 9 nitrogen and oxygen atoms in total. The number of carbonyl (C=O) groups excluding carboxylic acids is 2. The number of ether oxygens (including phenoxy) is 2. The molecular weight excluding hydrogens is 593 g/mol. The van der Waals surface area contributed by atoms with Crippen molar-refractivity contribution in [2.45, 2.75) is 168 Å². The third kappa shape index (κ3) is 32.7. The molecule has 0 saturated heterocycles. The summed E-state index contributed by atoms with van der Waals surface area (Å²) in [6.07, 6.45) is 24.2. The fourth-order valence-corrected chi connectivity index (χ4v) is 5.68. The second-order valence-electron chi connectivity index (χ2n) is 13.6. The van der Waals surface area contributed by atoms with Crippen molar-refractivity contribution in [1.82, 2.24) is 0 Å². The summed E-state index contributed by atoms with van der Waals surface area (Å²) < 4.78 is 33.6. The molecule has 268 valence electrons. The summed E-state index contributed by atoms with van der Waals surface area (Å²) in [5.74, 6) is -0.833. The van der Waals surface area contributed by atoms with Crippen LogP contribution >= 0.6 is 7.82 Å². The van der Waals surface area contributed by atoms with E-state index in [0.29, 0.717) is 17.4 Å². The maximum Gasteiger partial charge on any atom is 0.306 e. The largest absolute Gasteiger partial charge is 0.756 e. The summed E-state index contributed by atoms with van der Waals surface area (Å²) >= 11 is 0. The van der Waals surface area contributed by atoms with Crippen molar-refractivity contribution in [3.05, 3.63) is 0 Å². The quantitative estimate of drug-likeness (QED) is 0.0297. The Hall–Kier alpha value is -0.990. The van der Waals surface area contributed by atoms with Crippen molar-refractivity contribution in [2.24, 2.45) is 0 Å². The Morgan fingerprint density at radius 1 is 0.600 bits per heavy atom. The first-order chi connectivity index (χ1) is 21.5. The van der Waals surface area contributed by atoms with Crippen LogP contribution in [0.2, 0.25) is 0 Å². The number of unbranched alkanes of at least 4 members (excludes halogenated alkanes) is 19. The minimum atomic E-state index is -4.60. The number of hydrogen-bond donors (Lipinski definition) is 0. The number of nitrogens with zero attached hydrogens (tertiary/aromatic N) is 1. The monoisotopic (exact) mass is 663 g/mol. The van der Waals surface area contributed by atoms with E-state index < -0.39 is 26.5 Å². The molecule has 0 rings (SSSR count). The van der Waals surface area contributed by atoms with Crippen molar-refractivity contribution >= 4 is 19.8 Å². The van der Waals surface area contributed by atoms with Gasteiger partial charge in [-0.15, -0.1) is 0 Å². The minimum absolute atomic E-state index is 0.0265. The molecule has 0 aromatic heterocycles. The fraction of sp³-hybridized carbons (Fsp3) is 0.943. The lowest BCUT2D eigenvalue weighted by Gasteiger charge is -2.28. The van der Waals surface area contributed by atoms with Crippen LogP contribution in [-0.2, 0) is 32.7 Å². The van der Waals surface area contributed by atoms with E-state index in [2.05, 4.69) is 13.8 Å². The van der Waals surface area contributed by atoms with Gasteiger partial charge in [0.05, 0.1) is 27.7 Å². The molecule has 0 aromatic carbocycles. The second-order valence-corrected chi connectivity index (χ2v) is 15.0. The summed E-state index contributed by atoms with van der Waals surface area (Å²) in [5.41, 5.74) is 0. The number of quaternary nitrogens is 1. The molecule has 0 aliphatic heterocycles. The SMILES string of the molecule is CCCCCCCCCCCCCCCC(=O)OC[C@@H](COP(=O)([O-])OCC[N+](C)(C)C)OC(=O)CCCCCCCCCC. The maximum atomic E-state index is 12.5. The van der Waals surface area contributed by atoms with Gasteiger partial charge < -0.3 is 27.9 Å². The van der Waals surface area contributed by atoms with Crippen molar-refractivity contribution in [1.29, 1.82) is 0 Å². The summed E-state index contributed by atoms with van der Waals surface area (Å²) in [5, 5.41) is 0. The molecule has 0 radical (unpaired) electrons. The van der Waals surface area contributed by atoms with Crippen molar-refractivity contribution in [3.63, 3.8) is 0 Å². The number of hydrogen-bond acceptors (Lipinski definition) is 8. The van der Waals surface area contributed by atoms with E-state index in [1.165, 1.54) is 89.9 Å². The zero-order valence-corrected chi connectivity index (χ0v) is 30.7.